The summed E-state index contributed by atoms with van der Waals surface area (Å²) in [6.07, 6.45) is 1.57. The fraction of sp³-hybridized carbons (Fsp3) is 0.188. The number of aryl methyl sites for hydroxylation is 2. The van der Waals surface area contributed by atoms with Crippen molar-refractivity contribution in [2.45, 2.75) is 20.4 Å². The normalized spacial score (nSPS) is 10.6. The summed E-state index contributed by atoms with van der Waals surface area (Å²) in [7, 11) is 0. The van der Waals surface area contributed by atoms with Gasteiger partial charge in [-0.05, 0) is 37.6 Å². The molecule has 0 saturated heterocycles. The van der Waals surface area contributed by atoms with Crippen LogP contribution in [0.3, 0.4) is 0 Å². The molecule has 0 atom stereocenters. The number of amides is 1. The summed E-state index contributed by atoms with van der Waals surface area (Å²) >= 11 is 0. The van der Waals surface area contributed by atoms with Crippen LogP contribution in [0.4, 0.5) is 0 Å². The van der Waals surface area contributed by atoms with E-state index in [4.69, 9.17) is 4.42 Å². The maximum atomic E-state index is 12.1. The van der Waals surface area contributed by atoms with Crippen molar-refractivity contribution in [3.8, 4) is 5.69 Å². The molecular formula is C16H16N4O2. The number of carbonyl (C=O) groups is 1. The van der Waals surface area contributed by atoms with E-state index in [9.17, 15) is 4.79 Å². The van der Waals surface area contributed by atoms with Crippen LogP contribution in [0, 0.1) is 13.8 Å². The fourth-order valence-electron chi connectivity index (χ4n) is 2.18. The molecule has 2 heterocycles. The molecule has 22 heavy (non-hydrogen) atoms. The lowest BCUT2D eigenvalue weighted by atomic mass is 10.2. The Morgan fingerprint density at radius 1 is 1.23 bits per heavy atom. The molecule has 1 N–H and O–H groups in total. The first-order valence-corrected chi connectivity index (χ1v) is 6.95. The Bertz CT molecular complexity index is 790. The molecule has 2 aromatic heterocycles. The van der Waals surface area contributed by atoms with Crippen molar-refractivity contribution in [1.82, 2.24) is 20.1 Å². The first-order valence-electron chi connectivity index (χ1n) is 6.95. The van der Waals surface area contributed by atoms with Crippen LogP contribution in [0.15, 0.2) is 47.1 Å². The lowest BCUT2D eigenvalue weighted by molar-refractivity contribution is 0.0937. The number of rotatable bonds is 4. The summed E-state index contributed by atoms with van der Waals surface area (Å²) in [5, 5.41) is 7.04. The number of aromatic nitrogens is 3. The van der Waals surface area contributed by atoms with Crippen LogP contribution in [-0.4, -0.2) is 20.7 Å². The van der Waals surface area contributed by atoms with Crippen molar-refractivity contribution in [2.24, 2.45) is 0 Å². The monoisotopic (exact) mass is 296 g/mol. The third-order valence-corrected chi connectivity index (χ3v) is 3.32. The second kappa shape index (κ2) is 5.85. The zero-order valence-electron chi connectivity index (χ0n) is 12.4. The lowest BCUT2D eigenvalue weighted by Crippen LogP contribution is -2.24. The number of furan rings is 1. The van der Waals surface area contributed by atoms with Crippen LogP contribution < -0.4 is 5.32 Å². The third-order valence-electron chi connectivity index (χ3n) is 3.32. The molecule has 1 amide bonds. The molecule has 0 aliphatic carbocycles. The number of benzene rings is 1. The van der Waals surface area contributed by atoms with Gasteiger partial charge in [-0.2, -0.15) is 0 Å². The van der Waals surface area contributed by atoms with E-state index >= 15 is 0 Å². The Morgan fingerprint density at radius 2 is 2.05 bits per heavy atom. The molecule has 6 nitrogen and oxygen atoms in total. The van der Waals surface area contributed by atoms with Gasteiger partial charge in [0.05, 0.1) is 18.5 Å². The van der Waals surface area contributed by atoms with Gasteiger partial charge in [-0.15, -0.1) is 5.10 Å². The van der Waals surface area contributed by atoms with Gasteiger partial charge in [0.15, 0.2) is 0 Å². The summed E-state index contributed by atoms with van der Waals surface area (Å²) in [6.45, 7) is 4.12. The molecule has 0 saturated carbocycles. The maximum Gasteiger partial charge on any atom is 0.291 e. The van der Waals surface area contributed by atoms with E-state index in [-0.39, 0.29) is 11.7 Å². The van der Waals surface area contributed by atoms with Crippen molar-refractivity contribution in [1.29, 1.82) is 0 Å². The van der Waals surface area contributed by atoms with Gasteiger partial charge >= 0.3 is 0 Å². The second-order valence-corrected chi connectivity index (χ2v) is 4.94. The van der Waals surface area contributed by atoms with Crippen molar-refractivity contribution >= 4 is 5.91 Å². The average molecular weight is 296 g/mol. The Kier molecular flexibility index (Phi) is 3.74. The molecule has 0 aliphatic heterocycles. The highest BCUT2D eigenvalue weighted by Crippen LogP contribution is 2.14. The molecule has 3 rings (SSSR count). The van der Waals surface area contributed by atoms with Crippen LogP contribution in [0.5, 0.6) is 0 Å². The van der Waals surface area contributed by atoms with E-state index in [0.29, 0.717) is 18.1 Å². The van der Waals surface area contributed by atoms with Gasteiger partial charge in [0.25, 0.3) is 5.91 Å². The minimum absolute atomic E-state index is 0.146. The highest BCUT2D eigenvalue weighted by molar-refractivity contribution is 5.90. The standard InChI is InChI=1S/C16H16N4O2/c1-11-6-3-4-8-14(11)20-12(2)18-15(19-20)16(21)17-10-13-7-5-9-22-13/h3-9H,10H2,1-2H3,(H,17,21). The molecule has 0 radical (unpaired) electrons. The molecule has 0 fully saturated rings. The smallest absolute Gasteiger partial charge is 0.291 e. The van der Waals surface area contributed by atoms with Gasteiger partial charge in [-0.25, -0.2) is 9.67 Å². The van der Waals surface area contributed by atoms with Crippen LogP contribution in [0.1, 0.15) is 27.8 Å². The van der Waals surface area contributed by atoms with E-state index in [1.807, 2.05) is 38.1 Å². The molecule has 1 aromatic carbocycles. The minimum Gasteiger partial charge on any atom is -0.467 e. The van der Waals surface area contributed by atoms with Crippen LogP contribution >= 0.6 is 0 Å². The van der Waals surface area contributed by atoms with Gasteiger partial charge in [0, 0.05) is 0 Å². The van der Waals surface area contributed by atoms with Gasteiger partial charge < -0.3 is 9.73 Å². The third kappa shape index (κ3) is 2.76. The van der Waals surface area contributed by atoms with Gasteiger partial charge in [-0.3, -0.25) is 4.79 Å². The zero-order valence-corrected chi connectivity index (χ0v) is 12.4. The highest BCUT2D eigenvalue weighted by atomic mass is 16.3. The first-order chi connectivity index (χ1) is 10.6. The molecule has 112 valence electrons. The quantitative estimate of drug-likeness (QED) is 0.802. The van der Waals surface area contributed by atoms with Crippen molar-refractivity contribution < 1.29 is 9.21 Å². The summed E-state index contributed by atoms with van der Waals surface area (Å²) in [4.78, 5) is 16.4. The lowest BCUT2D eigenvalue weighted by Gasteiger charge is -2.05. The number of nitrogens with zero attached hydrogens (tertiary/aromatic N) is 3. The second-order valence-electron chi connectivity index (χ2n) is 4.94. The van der Waals surface area contributed by atoms with Crippen LogP contribution in [0.25, 0.3) is 5.69 Å². The maximum absolute atomic E-state index is 12.1. The molecule has 0 bridgehead atoms. The topological polar surface area (TPSA) is 73.0 Å². The predicted molar refractivity (Wildman–Crippen MR) is 80.7 cm³/mol. The van der Waals surface area contributed by atoms with Crippen LogP contribution in [-0.2, 0) is 6.54 Å². The Hall–Kier alpha value is -2.89. The number of hydrogen-bond donors (Lipinski definition) is 1. The minimum atomic E-state index is -0.327. The van der Waals surface area contributed by atoms with Crippen molar-refractivity contribution in [3.05, 3.63) is 65.6 Å². The van der Waals surface area contributed by atoms with E-state index in [1.54, 1.807) is 23.1 Å². The Balaban J connectivity index is 1.80. The van der Waals surface area contributed by atoms with Gasteiger partial charge in [0.2, 0.25) is 5.82 Å². The van der Waals surface area contributed by atoms with E-state index in [1.165, 1.54) is 0 Å². The first kappa shape index (κ1) is 14.1. The van der Waals surface area contributed by atoms with E-state index in [2.05, 4.69) is 15.4 Å². The molecule has 0 spiro atoms. The molecule has 0 aliphatic rings. The average Bonchev–Trinajstić information content (AvgIpc) is 3.15. The summed E-state index contributed by atoms with van der Waals surface area (Å²) in [5.41, 5.74) is 1.98. The SMILES string of the molecule is Cc1ccccc1-n1nc(C(=O)NCc2ccco2)nc1C. The van der Waals surface area contributed by atoms with Crippen molar-refractivity contribution in [2.75, 3.05) is 0 Å². The zero-order chi connectivity index (χ0) is 15.5. The number of hydrogen-bond acceptors (Lipinski definition) is 4. The van der Waals surface area contributed by atoms with Crippen LogP contribution in [0.2, 0.25) is 0 Å². The molecule has 0 unspecified atom stereocenters. The Labute approximate surface area is 127 Å². The number of nitrogens with one attached hydrogen (secondary N) is 1. The summed E-state index contributed by atoms with van der Waals surface area (Å²) < 4.78 is 6.85. The number of carbonyl (C=O) groups excluding carboxylic acids is 1. The largest absolute Gasteiger partial charge is 0.467 e. The highest BCUT2D eigenvalue weighted by Gasteiger charge is 2.16. The van der Waals surface area contributed by atoms with Gasteiger partial charge in [-0.1, -0.05) is 18.2 Å². The summed E-state index contributed by atoms with van der Waals surface area (Å²) in [5.74, 6) is 1.17. The predicted octanol–water partition coefficient (Wildman–Crippen LogP) is 2.41. The van der Waals surface area contributed by atoms with E-state index < -0.39 is 0 Å². The molecular weight excluding hydrogens is 280 g/mol. The van der Waals surface area contributed by atoms with Gasteiger partial charge in [0.1, 0.15) is 11.6 Å². The molecule has 6 heteroatoms. The fourth-order valence-corrected chi connectivity index (χ4v) is 2.18. The Morgan fingerprint density at radius 3 is 2.77 bits per heavy atom. The number of para-hydroxylation sites is 1. The van der Waals surface area contributed by atoms with Crippen molar-refractivity contribution in [3.63, 3.8) is 0 Å². The summed E-state index contributed by atoms with van der Waals surface area (Å²) in [6, 6.07) is 11.4. The van der Waals surface area contributed by atoms with E-state index in [0.717, 1.165) is 11.3 Å². The molecule has 3 aromatic rings.